The number of rotatable bonds is 0. The van der Waals surface area contributed by atoms with E-state index in [4.69, 9.17) is 21.4 Å². The normalized spacial score (nSPS) is 9.00. The van der Waals surface area contributed by atoms with Gasteiger partial charge in [0.1, 0.15) is 0 Å². The summed E-state index contributed by atoms with van der Waals surface area (Å²) in [6.45, 7) is 0. The Morgan fingerprint density at radius 2 is 1.29 bits per heavy atom. The average Bonchev–Trinajstić information content (AvgIpc) is 1.36. The van der Waals surface area contributed by atoms with E-state index < -0.39 is 10.2 Å². The molecule has 1 N–H and O–H groups in total. The second kappa shape index (κ2) is 4.96. The first-order valence-corrected chi connectivity index (χ1v) is 3.10. The van der Waals surface area contributed by atoms with Crippen LogP contribution in [0.1, 0.15) is 0 Å². The van der Waals surface area contributed by atoms with E-state index in [1.807, 2.05) is 0 Å². The first kappa shape index (κ1) is 10.7. The molecule has 0 aliphatic rings. The number of hydrogen-bond donors (Lipinski definition) is 1. The predicted molar refractivity (Wildman–Crippen MR) is 2.91 cm³/mol. The summed E-state index contributed by atoms with van der Waals surface area (Å²) in [5.41, 5.74) is 0. The maximum atomic E-state index is 8.60. The van der Waals surface area contributed by atoms with E-state index in [1.54, 1.807) is 0 Å². The molecule has 7 heteroatoms. The molecule has 0 aromatic rings. The minimum absolute atomic E-state index is 0.300. The summed E-state index contributed by atoms with van der Waals surface area (Å²) >= 11 is 0.300. The third-order valence-corrected chi connectivity index (χ3v) is 0. The first-order valence-electron chi connectivity index (χ1n) is 0.836. The number of halogens is 1. The Bertz CT molecular complexity index is 31.8. The van der Waals surface area contributed by atoms with Crippen molar-refractivity contribution in [1.82, 2.24) is 0 Å². The number of hydrogen-bond acceptors (Lipinski definition) is 5. The van der Waals surface area contributed by atoms with Crippen molar-refractivity contribution in [3.05, 3.63) is 0 Å². The van der Waals surface area contributed by atoms with Crippen molar-refractivity contribution in [2.45, 2.75) is 0 Å². The van der Waals surface area contributed by atoms with Crippen molar-refractivity contribution >= 4 is 0 Å². The van der Waals surface area contributed by atoms with E-state index in [1.165, 1.54) is 0 Å². The summed E-state index contributed by atoms with van der Waals surface area (Å²) in [6.07, 6.45) is 0. The SMILES string of the molecule is [O-][Cl+3]([O-])([O-])O.[O]=[Zr]. The minimum atomic E-state index is -4.69. The quantitative estimate of drug-likeness (QED) is 0.433. The average molecular weight is 208 g/mol. The van der Waals surface area contributed by atoms with Crippen LogP contribution in [0.4, 0.5) is 0 Å². The molecular formula is HClO5Zr. The molecule has 0 aliphatic carbocycles. The summed E-state index contributed by atoms with van der Waals surface area (Å²) in [4.78, 5) is 0. The van der Waals surface area contributed by atoms with Crippen LogP contribution in [0.3, 0.4) is 0 Å². The molecule has 5 nitrogen and oxygen atoms in total. The zero-order valence-electron chi connectivity index (χ0n) is 2.96. The van der Waals surface area contributed by atoms with Gasteiger partial charge in [-0.2, -0.15) is 14.0 Å². The molecule has 0 bridgehead atoms. The van der Waals surface area contributed by atoms with Crippen molar-refractivity contribution in [1.29, 1.82) is 0 Å². The molecule has 0 atom stereocenters. The molecule has 0 spiro atoms. The van der Waals surface area contributed by atoms with Crippen LogP contribution in [-0.4, -0.2) is 4.66 Å². The summed E-state index contributed by atoms with van der Waals surface area (Å²) in [5, 5.41) is 0. The fourth-order valence-electron chi connectivity index (χ4n) is 0. The van der Waals surface area contributed by atoms with Gasteiger partial charge in [0.2, 0.25) is 0 Å². The van der Waals surface area contributed by atoms with Crippen LogP contribution in [0.2, 0.25) is 0 Å². The Balaban J connectivity index is 0. The van der Waals surface area contributed by atoms with Gasteiger partial charge in [-0.1, -0.05) is 0 Å². The molecule has 0 aromatic carbocycles. The summed E-state index contributed by atoms with van der Waals surface area (Å²) in [5.74, 6) is 0. The Hall–Kier alpha value is 0.813. The standard InChI is InChI=1S/ClHO4.O.Zr/c2-1(3,4)5;;/h(H,2,3,4,5);;. The van der Waals surface area contributed by atoms with Gasteiger partial charge in [-0.3, -0.25) is 0 Å². The van der Waals surface area contributed by atoms with E-state index in [9.17, 15) is 0 Å². The summed E-state index contributed by atoms with van der Waals surface area (Å²) < 4.78 is 41.1. The van der Waals surface area contributed by atoms with Gasteiger partial charge in [0.05, 0.1) is 14.9 Å². The van der Waals surface area contributed by atoms with Crippen LogP contribution in [0.5, 0.6) is 0 Å². The molecule has 7 heavy (non-hydrogen) atoms. The van der Waals surface area contributed by atoms with Crippen molar-refractivity contribution < 1.29 is 56.4 Å². The van der Waals surface area contributed by atoms with E-state index >= 15 is 0 Å². The van der Waals surface area contributed by atoms with Crippen LogP contribution < -0.4 is 14.0 Å². The third-order valence-electron chi connectivity index (χ3n) is 0. The summed E-state index contributed by atoms with van der Waals surface area (Å²) in [7, 11) is -4.69. The Morgan fingerprint density at radius 3 is 1.29 bits per heavy atom. The van der Waals surface area contributed by atoms with E-state index in [0.717, 1.165) is 0 Å². The zero-order chi connectivity index (χ0) is 6.50. The molecule has 0 amide bonds. The first-order chi connectivity index (χ1) is 3.00. The predicted octanol–water partition coefficient (Wildman–Crippen LogP) is -4.25. The fraction of sp³-hybridized carbons (Fsp3) is 0. The van der Waals surface area contributed by atoms with Crippen molar-refractivity contribution in [2.75, 3.05) is 0 Å². The van der Waals surface area contributed by atoms with Crippen LogP contribution in [0, 0.1) is 10.2 Å². The Morgan fingerprint density at radius 1 is 1.29 bits per heavy atom. The van der Waals surface area contributed by atoms with Gasteiger partial charge < -0.3 is 0 Å². The molecule has 0 rings (SSSR count). The van der Waals surface area contributed by atoms with Gasteiger partial charge in [0, 0.05) is 0 Å². The van der Waals surface area contributed by atoms with E-state index in [-0.39, 0.29) is 0 Å². The zero-order valence-corrected chi connectivity index (χ0v) is 6.17. The topological polar surface area (TPSA) is 106 Å². The molecule has 0 aromatic heterocycles. The van der Waals surface area contributed by atoms with Gasteiger partial charge in [-0.05, 0) is 0 Å². The molecule has 42 valence electrons. The second-order valence-electron chi connectivity index (χ2n) is 0.396. The fourth-order valence-corrected chi connectivity index (χ4v) is 0. The third kappa shape index (κ3) is 239. The van der Waals surface area contributed by atoms with Crippen molar-refractivity contribution in [2.24, 2.45) is 0 Å². The second-order valence-corrected chi connectivity index (χ2v) is 1.19. The summed E-state index contributed by atoms with van der Waals surface area (Å²) in [6, 6.07) is 0. The molecule has 0 unspecified atom stereocenters. The van der Waals surface area contributed by atoms with Gasteiger partial charge in [-0.25, -0.2) is 0 Å². The molecule has 0 fully saturated rings. The van der Waals surface area contributed by atoms with Crippen molar-refractivity contribution in [3.8, 4) is 0 Å². The molecule has 0 radical (unpaired) electrons. The monoisotopic (exact) mass is 206 g/mol. The van der Waals surface area contributed by atoms with Crippen LogP contribution in [0.25, 0.3) is 0 Å². The maximum absolute atomic E-state index is 8.60. The Kier molecular flexibility index (Phi) is 7.60. The molecule has 0 heterocycles. The van der Waals surface area contributed by atoms with Gasteiger partial charge in [-0.15, -0.1) is 0 Å². The van der Waals surface area contributed by atoms with Gasteiger partial charge in [0.15, 0.2) is 0 Å². The van der Waals surface area contributed by atoms with Gasteiger partial charge in [0.25, 0.3) is 0 Å². The molecule has 0 saturated heterocycles. The van der Waals surface area contributed by atoms with Crippen molar-refractivity contribution in [3.63, 3.8) is 0 Å². The van der Waals surface area contributed by atoms with Crippen LogP contribution in [-0.2, 0) is 27.5 Å². The molecule has 0 saturated carbocycles. The van der Waals surface area contributed by atoms with E-state index in [0.29, 0.717) is 24.7 Å². The van der Waals surface area contributed by atoms with Gasteiger partial charge >= 0.3 is 27.5 Å². The van der Waals surface area contributed by atoms with Crippen LogP contribution in [0.15, 0.2) is 0 Å². The van der Waals surface area contributed by atoms with E-state index in [2.05, 4.69) is 0 Å². The molecular weight excluding hydrogens is 207 g/mol. The van der Waals surface area contributed by atoms with Crippen LogP contribution >= 0.6 is 0 Å². The molecule has 0 aliphatic heterocycles. The Labute approximate surface area is 56.6 Å².